The summed E-state index contributed by atoms with van der Waals surface area (Å²) in [6, 6.07) is 12.0. The largest absolute Gasteiger partial charge is 0.507 e. The lowest BCUT2D eigenvalue weighted by atomic mass is 9.86. The van der Waals surface area contributed by atoms with Gasteiger partial charge in [0, 0.05) is 15.4 Å². The van der Waals surface area contributed by atoms with Crippen molar-refractivity contribution >= 4 is 79.2 Å². The van der Waals surface area contributed by atoms with Gasteiger partial charge in [-0.1, -0.05) is 53.7 Å². The molecule has 0 fully saturated rings. The van der Waals surface area contributed by atoms with Gasteiger partial charge in [0.25, 0.3) is 0 Å². The molecule has 3 aromatic rings. The van der Waals surface area contributed by atoms with Gasteiger partial charge in [-0.15, -0.1) is 0 Å². The van der Waals surface area contributed by atoms with Gasteiger partial charge in [-0.3, -0.25) is 0 Å². The van der Waals surface area contributed by atoms with E-state index in [1.807, 2.05) is 18.2 Å². The molecule has 0 saturated carbocycles. The number of phenolic OH excluding ortho intramolecular Hbond substituents is 1. The zero-order valence-corrected chi connectivity index (χ0v) is 24.3. The zero-order valence-electron chi connectivity index (χ0n) is 17.9. The molecule has 0 aliphatic rings. The quantitative estimate of drug-likeness (QED) is 0.281. The van der Waals surface area contributed by atoms with Crippen LogP contribution in [0.5, 0.6) is 5.75 Å². The number of hydrogen-bond acceptors (Lipinski definition) is 2. The summed E-state index contributed by atoms with van der Waals surface area (Å²) >= 11 is 13.5. The maximum Gasteiger partial charge on any atom is 0.135 e. The van der Waals surface area contributed by atoms with Crippen molar-refractivity contribution in [2.45, 2.75) is 52.4 Å². The Morgan fingerprint density at radius 2 is 1.37 bits per heavy atom. The van der Waals surface area contributed by atoms with Crippen molar-refractivity contribution in [3.8, 4) is 5.75 Å². The SMILES string of the molecule is CC(C)(C)c1ccc(O)c(C(Br)=C(Br)Br)c1.CC(C)(C)c1ccc2occ(Br)c2c1. The van der Waals surface area contributed by atoms with Gasteiger partial charge >= 0.3 is 0 Å². The van der Waals surface area contributed by atoms with Crippen molar-refractivity contribution in [2.75, 3.05) is 0 Å². The van der Waals surface area contributed by atoms with E-state index in [9.17, 15) is 5.11 Å². The van der Waals surface area contributed by atoms with E-state index in [0.29, 0.717) is 0 Å². The number of hydrogen-bond donors (Lipinski definition) is 1. The molecule has 0 aliphatic carbocycles. The average molecular weight is 666 g/mol. The third kappa shape index (κ3) is 6.47. The highest BCUT2D eigenvalue weighted by atomic mass is 79.9. The van der Waals surface area contributed by atoms with Crippen LogP contribution in [-0.4, -0.2) is 5.11 Å². The van der Waals surface area contributed by atoms with Gasteiger partial charge in [-0.2, -0.15) is 0 Å². The Balaban J connectivity index is 0.000000215. The minimum atomic E-state index is 0.0640. The molecule has 0 unspecified atom stereocenters. The topological polar surface area (TPSA) is 33.4 Å². The normalized spacial score (nSPS) is 11.8. The zero-order chi connectivity index (χ0) is 22.9. The van der Waals surface area contributed by atoms with Gasteiger partial charge in [0.15, 0.2) is 0 Å². The Kier molecular flexibility index (Phi) is 8.51. The van der Waals surface area contributed by atoms with E-state index in [2.05, 4.69) is 117 Å². The van der Waals surface area contributed by atoms with Gasteiger partial charge in [-0.25, -0.2) is 0 Å². The molecule has 0 radical (unpaired) electrons. The molecule has 1 heterocycles. The highest BCUT2D eigenvalue weighted by molar-refractivity contribution is 9.29. The van der Waals surface area contributed by atoms with Gasteiger partial charge in [0.1, 0.15) is 17.6 Å². The fourth-order valence-electron chi connectivity index (χ4n) is 2.74. The lowest BCUT2D eigenvalue weighted by molar-refractivity contribution is 0.472. The van der Waals surface area contributed by atoms with E-state index in [1.54, 1.807) is 12.3 Å². The molecule has 30 heavy (non-hydrogen) atoms. The van der Waals surface area contributed by atoms with Crippen LogP contribution in [0.4, 0.5) is 0 Å². The molecule has 1 N–H and O–H groups in total. The van der Waals surface area contributed by atoms with Crippen LogP contribution in [0.2, 0.25) is 0 Å². The second-order valence-corrected chi connectivity index (χ2v) is 13.4. The van der Waals surface area contributed by atoms with E-state index in [0.717, 1.165) is 28.9 Å². The number of fused-ring (bicyclic) bond motifs is 1. The van der Waals surface area contributed by atoms with Crippen molar-refractivity contribution in [3.63, 3.8) is 0 Å². The number of aromatic hydroxyl groups is 1. The highest BCUT2D eigenvalue weighted by Gasteiger charge is 2.17. The molecule has 0 bridgehead atoms. The van der Waals surface area contributed by atoms with Crippen molar-refractivity contribution in [1.82, 2.24) is 0 Å². The molecular formula is C24H26Br4O2. The number of benzene rings is 2. The van der Waals surface area contributed by atoms with E-state index in [4.69, 9.17) is 4.42 Å². The van der Waals surface area contributed by atoms with Gasteiger partial charge in [-0.05, 0) is 110 Å². The minimum Gasteiger partial charge on any atom is -0.507 e. The fraction of sp³-hybridized carbons (Fsp3) is 0.333. The standard InChI is InChI=1S/C12H13Br3O.C12H13BrO/c1-12(2,3)7-4-5-9(16)8(6-7)10(13)11(14)15;1-12(2,3)8-4-5-11-9(6-8)10(13)7-14-11/h4-6,16H,1-3H3;4-7H,1-3H3. The van der Waals surface area contributed by atoms with Crippen LogP contribution in [0.3, 0.4) is 0 Å². The molecule has 3 rings (SSSR count). The van der Waals surface area contributed by atoms with E-state index in [-0.39, 0.29) is 16.6 Å². The lowest BCUT2D eigenvalue weighted by Crippen LogP contribution is -2.11. The average Bonchev–Trinajstić information content (AvgIpc) is 3.01. The summed E-state index contributed by atoms with van der Waals surface area (Å²) in [6.07, 6.45) is 1.73. The number of furan rings is 1. The third-order valence-corrected chi connectivity index (χ3v) is 7.95. The Morgan fingerprint density at radius 1 is 0.833 bits per heavy atom. The monoisotopic (exact) mass is 662 g/mol. The predicted molar refractivity (Wildman–Crippen MR) is 143 cm³/mol. The minimum absolute atomic E-state index is 0.0640. The van der Waals surface area contributed by atoms with Gasteiger partial charge in [0.05, 0.1) is 7.86 Å². The van der Waals surface area contributed by atoms with Crippen LogP contribution in [0, 0.1) is 0 Å². The van der Waals surface area contributed by atoms with E-state index in [1.165, 1.54) is 11.1 Å². The third-order valence-electron chi connectivity index (χ3n) is 4.66. The number of rotatable bonds is 1. The summed E-state index contributed by atoms with van der Waals surface area (Å²) in [4.78, 5) is 0. The summed E-state index contributed by atoms with van der Waals surface area (Å²) in [6.45, 7) is 13.1. The molecule has 1 aromatic heterocycles. The number of phenols is 1. The van der Waals surface area contributed by atoms with E-state index < -0.39 is 0 Å². The molecule has 0 atom stereocenters. The van der Waals surface area contributed by atoms with Crippen LogP contribution < -0.4 is 0 Å². The summed E-state index contributed by atoms with van der Waals surface area (Å²) in [5.74, 6) is 0.260. The molecule has 2 aromatic carbocycles. The van der Waals surface area contributed by atoms with Gasteiger partial charge < -0.3 is 9.52 Å². The van der Waals surface area contributed by atoms with E-state index >= 15 is 0 Å². The first-order valence-corrected chi connectivity index (χ1v) is 12.6. The molecule has 0 amide bonds. The highest BCUT2D eigenvalue weighted by Crippen LogP contribution is 2.39. The second kappa shape index (κ2) is 9.93. The van der Waals surface area contributed by atoms with Crippen LogP contribution >= 0.6 is 63.7 Å². The molecule has 6 heteroatoms. The maximum atomic E-state index is 9.81. The molecular weight excluding hydrogens is 640 g/mol. The van der Waals surface area contributed by atoms with Crippen molar-refractivity contribution in [1.29, 1.82) is 0 Å². The van der Waals surface area contributed by atoms with Crippen molar-refractivity contribution < 1.29 is 9.52 Å². The second-order valence-electron chi connectivity index (χ2n) is 9.10. The Labute approximate surface area is 212 Å². The van der Waals surface area contributed by atoms with Crippen molar-refractivity contribution in [2.24, 2.45) is 0 Å². The Morgan fingerprint density at radius 3 is 1.90 bits per heavy atom. The van der Waals surface area contributed by atoms with Crippen LogP contribution in [-0.2, 0) is 10.8 Å². The van der Waals surface area contributed by atoms with Crippen LogP contribution in [0.25, 0.3) is 15.5 Å². The maximum absolute atomic E-state index is 9.81. The lowest BCUT2D eigenvalue weighted by Gasteiger charge is -2.20. The van der Waals surface area contributed by atoms with Crippen molar-refractivity contribution in [3.05, 3.63) is 67.2 Å². The summed E-state index contributed by atoms with van der Waals surface area (Å²) < 4.78 is 7.98. The fourth-order valence-corrected chi connectivity index (χ4v) is 3.89. The summed E-state index contributed by atoms with van der Waals surface area (Å²) in [7, 11) is 0. The summed E-state index contributed by atoms with van der Waals surface area (Å²) in [5.41, 5.74) is 4.46. The molecule has 0 saturated heterocycles. The Bertz CT molecular complexity index is 1060. The van der Waals surface area contributed by atoms with Crippen LogP contribution in [0.1, 0.15) is 58.2 Å². The molecule has 0 aliphatic heterocycles. The smallest absolute Gasteiger partial charge is 0.135 e. The first-order valence-electron chi connectivity index (χ1n) is 9.43. The predicted octanol–water partition coefficient (Wildman–Crippen LogP) is 9.99. The first kappa shape index (κ1) is 25.7. The first-order chi connectivity index (χ1) is 13.7. The Hall–Kier alpha value is -0.560. The van der Waals surface area contributed by atoms with Gasteiger partial charge in [0.2, 0.25) is 0 Å². The number of halogens is 4. The molecule has 2 nitrogen and oxygen atoms in total. The molecule has 162 valence electrons. The van der Waals surface area contributed by atoms with Crippen LogP contribution in [0.15, 0.2) is 54.9 Å². The molecule has 0 spiro atoms. The summed E-state index contributed by atoms with van der Waals surface area (Å²) in [5, 5.41) is 11.0.